The van der Waals surface area contributed by atoms with Gasteiger partial charge in [-0.2, -0.15) is 0 Å². The van der Waals surface area contributed by atoms with Crippen molar-refractivity contribution in [3.05, 3.63) is 47.4 Å². The summed E-state index contributed by atoms with van der Waals surface area (Å²) < 4.78 is 33.9. The molecule has 0 unspecified atom stereocenters. The molecule has 0 bridgehead atoms. The number of carbonyl (C=O) groups excluding carboxylic acids is 2. The van der Waals surface area contributed by atoms with Gasteiger partial charge in [0.05, 0.1) is 20.9 Å². The van der Waals surface area contributed by atoms with Crippen LogP contribution in [0.15, 0.2) is 41.7 Å². The van der Waals surface area contributed by atoms with Gasteiger partial charge in [0, 0.05) is 48.2 Å². The van der Waals surface area contributed by atoms with E-state index in [-0.39, 0.29) is 41.0 Å². The summed E-state index contributed by atoms with van der Waals surface area (Å²) in [5.41, 5.74) is 0.671. The van der Waals surface area contributed by atoms with Crippen molar-refractivity contribution in [3.63, 3.8) is 0 Å². The van der Waals surface area contributed by atoms with Gasteiger partial charge >= 0.3 is 6.09 Å². The summed E-state index contributed by atoms with van der Waals surface area (Å²) in [5.74, 6) is 0.0103. The minimum atomic E-state index is -3.88. The van der Waals surface area contributed by atoms with Crippen LogP contribution in [0.4, 0.5) is 10.7 Å². The van der Waals surface area contributed by atoms with Crippen molar-refractivity contribution >= 4 is 39.3 Å². The lowest BCUT2D eigenvalue weighted by atomic mass is 9.86. The molecule has 2 aromatic heterocycles. The molecular formula is C25H32N6O5S2. The number of nitrogens with zero attached hydrogens (tertiary/aromatic N) is 2. The molecule has 3 aromatic rings. The van der Waals surface area contributed by atoms with Crippen LogP contribution in [0.2, 0.25) is 0 Å². The maximum absolute atomic E-state index is 13.1. The van der Waals surface area contributed by atoms with Gasteiger partial charge in [-0.1, -0.05) is 13.0 Å². The third kappa shape index (κ3) is 6.77. The van der Waals surface area contributed by atoms with E-state index in [1.165, 1.54) is 23.6 Å². The van der Waals surface area contributed by atoms with Gasteiger partial charge in [-0.3, -0.25) is 10.1 Å². The number of rotatable bonds is 9. The average Bonchev–Trinajstić information content (AvgIpc) is 3.56. The molecule has 1 aliphatic rings. The monoisotopic (exact) mass is 560 g/mol. The number of amides is 2. The van der Waals surface area contributed by atoms with E-state index in [9.17, 15) is 18.0 Å². The van der Waals surface area contributed by atoms with E-state index in [0.717, 1.165) is 30.7 Å². The van der Waals surface area contributed by atoms with Gasteiger partial charge in [0.25, 0.3) is 5.91 Å². The number of H-pyrrole nitrogens is 1. The van der Waals surface area contributed by atoms with Crippen LogP contribution >= 0.6 is 11.3 Å². The van der Waals surface area contributed by atoms with Crippen LogP contribution in [0, 0.1) is 0 Å². The topological polar surface area (TPSA) is 155 Å². The summed E-state index contributed by atoms with van der Waals surface area (Å²) in [5, 5.41) is 6.47. The Bertz CT molecular complexity index is 1360. The van der Waals surface area contributed by atoms with Crippen LogP contribution in [-0.2, 0) is 14.8 Å². The molecule has 204 valence electrons. The number of carbonyl (C=O) groups is 2. The number of thiazole rings is 1. The molecule has 0 spiro atoms. The molecule has 0 aliphatic heterocycles. The number of nitrogens with one attached hydrogen (secondary N) is 4. The summed E-state index contributed by atoms with van der Waals surface area (Å²) in [6.07, 6.45) is 7.54. The molecule has 0 saturated heterocycles. The Morgan fingerprint density at radius 1 is 1.18 bits per heavy atom. The normalized spacial score (nSPS) is 17.8. The first-order valence-electron chi connectivity index (χ1n) is 12.5. The lowest BCUT2D eigenvalue weighted by Crippen LogP contribution is -2.38. The van der Waals surface area contributed by atoms with Crippen molar-refractivity contribution in [2.75, 3.05) is 11.9 Å². The molecule has 2 heterocycles. The number of ether oxygens (including phenoxy) is 1. The van der Waals surface area contributed by atoms with E-state index in [0.29, 0.717) is 10.4 Å². The highest BCUT2D eigenvalue weighted by molar-refractivity contribution is 7.89. The third-order valence-electron chi connectivity index (χ3n) is 6.13. The van der Waals surface area contributed by atoms with Crippen molar-refractivity contribution in [1.29, 1.82) is 0 Å². The highest BCUT2D eigenvalue weighted by atomic mass is 32.2. The first kappa shape index (κ1) is 27.7. The lowest BCUT2D eigenvalue weighted by molar-refractivity contribution is 0.102. The molecule has 2 amide bonds. The molecule has 38 heavy (non-hydrogen) atoms. The molecule has 13 heteroatoms. The number of sulfonamides is 1. The van der Waals surface area contributed by atoms with Gasteiger partial charge < -0.3 is 15.0 Å². The highest BCUT2D eigenvalue weighted by Crippen LogP contribution is 2.39. The first-order chi connectivity index (χ1) is 18.2. The molecule has 0 atom stereocenters. The van der Waals surface area contributed by atoms with Gasteiger partial charge in [0.2, 0.25) is 16.0 Å². The second-order valence-electron chi connectivity index (χ2n) is 9.31. The summed E-state index contributed by atoms with van der Waals surface area (Å²) in [7, 11) is -3.88. The van der Waals surface area contributed by atoms with Crippen molar-refractivity contribution in [2.45, 2.75) is 69.4 Å². The van der Waals surface area contributed by atoms with Gasteiger partial charge in [-0.25, -0.2) is 27.9 Å². The van der Waals surface area contributed by atoms with E-state index in [2.05, 4.69) is 30.3 Å². The fourth-order valence-electron chi connectivity index (χ4n) is 4.37. The number of aromatic nitrogens is 3. The predicted octanol–water partition coefficient (Wildman–Crippen LogP) is 4.24. The Labute approximate surface area is 225 Å². The Kier molecular flexibility index (Phi) is 8.80. The Morgan fingerprint density at radius 3 is 2.61 bits per heavy atom. The van der Waals surface area contributed by atoms with Crippen LogP contribution in [-0.4, -0.2) is 54.1 Å². The molecule has 1 aliphatic carbocycles. The number of hydrogen-bond acceptors (Lipinski definition) is 8. The largest absolute Gasteiger partial charge is 0.447 e. The molecule has 4 rings (SSSR count). The van der Waals surface area contributed by atoms with Gasteiger partial charge in [0.1, 0.15) is 0 Å². The van der Waals surface area contributed by atoms with E-state index in [1.54, 1.807) is 31.5 Å². The van der Waals surface area contributed by atoms with Gasteiger partial charge in [-0.05, 0) is 51.7 Å². The quantitative estimate of drug-likeness (QED) is 0.305. The second-order valence-corrected chi connectivity index (χ2v) is 12.1. The zero-order valence-electron chi connectivity index (χ0n) is 21.5. The summed E-state index contributed by atoms with van der Waals surface area (Å²) >= 11 is 1.45. The first-order valence-corrected chi connectivity index (χ1v) is 14.8. The average molecular weight is 561 g/mol. The van der Waals surface area contributed by atoms with Crippen molar-refractivity contribution in [3.8, 4) is 10.4 Å². The SMILES string of the molecule is CCNS(=O)(=O)c1cc(C(=O)Nc2ncc[nH]2)ccc1-c1cnc(C2CCC(NC(=O)OC(C)C)CC2)s1. The molecule has 1 saturated carbocycles. The van der Waals surface area contributed by atoms with Crippen LogP contribution in [0.3, 0.4) is 0 Å². The molecule has 1 fully saturated rings. The third-order valence-corrected chi connectivity index (χ3v) is 8.91. The second kappa shape index (κ2) is 12.0. The summed E-state index contributed by atoms with van der Waals surface area (Å²) in [6.45, 7) is 5.53. The lowest BCUT2D eigenvalue weighted by Gasteiger charge is -2.28. The molecule has 0 radical (unpaired) electrons. The fourth-order valence-corrected chi connectivity index (χ4v) is 6.85. The number of hydrogen-bond donors (Lipinski definition) is 4. The number of alkyl carbamates (subject to hydrolysis) is 1. The van der Waals surface area contributed by atoms with Crippen molar-refractivity contribution in [2.24, 2.45) is 0 Å². The molecule has 11 nitrogen and oxygen atoms in total. The highest BCUT2D eigenvalue weighted by Gasteiger charge is 2.28. The number of benzene rings is 1. The maximum Gasteiger partial charge on any atom is 0.407 e. The number of aromatic amines is 1. The minimum absolute atomic E-state index is 0.0122. The zero-order chi connectivity index (χ0) is 27.3. The summed E-state index contributed by atoms with van der Waals surface area (Å²) in [6, 6.07) is 4.66. The standard InChI is InChI=1S/C25H32N6O5S2/c1-4-29-38(34,35)21-13-17(22(32)31-24-26-11-12-27-24)7-10-19(21)20-14-28-23(37-20)16-5-8-18(9-6-16)30-25(33)36-15(2)3/h7,10-16,18,29H,4-6,8-9H2,1-3H3,(H,30,33)(H2,26,27,31,32). The van der Waals surface area contributed by atoms with Gasteiger partial charge in [0.15, 0.2) is 0 Å². The van der Waals surface area contributed by atoms with E-state index >= 15 is 0 Å². The Balaban J connectivity index is 1.52. The number of anilines is 1. The van der Waals surface area contributed by atoms with E-state index in [1.807, 2.05) is 13.8 Å². The van der Waals surface area contributed by atoms with Crippen LogP contribution in [0.5, 0.6) is 0 Å². The van der Waals surface area contributed by atoms with Crippen molar-refractivity contribution in [1.82, 2.24) is 25.0 Å². The van der Waals surface area contributed by atoms with Crippen LogP contribution in [0.25, 0.3) is 10.4 Å². The molecule has 1 aromatic carbocycles. The van der Waals surface area contributed by atoms with E-state index in [4.69, 9.17) is 4.74 Å². The Morgan fingerprint density at radius 2 is 1.95 bits per heavy atom. The summed E-state index contributed by atoms with van der Waals surface area (Å²) in [4.78, 5) is 36.7. The predicted molar refractivity (Wildman–Crippen MR) is 145 cm³/mol. The van der Waals surface area contributed by atoms with Crippen molar-refractivity contribution < 1.29 is 22.7 Å². The zero-order valence-corrected chi connectivity index (χ0v) is 23.1. The molecule has 4 N–H and O–H groups in total. The minimum Gasteiger partial charge on any atom is -0.447 e. The smallest absolute Gasteiger partial charge is 0.407 e. The molecular weight excluding hydrogens is 528 g/mol. The van der Waals surface area contributed by atoms with Crippen LogP contribution < -0.4 is 15.4 Å². The fraction of sp³-hybridized carbons (Fsp3) is 0.440. The van der Waals surface area contributed by atoms with Crippen LogP contribution in [0.1, 0.15) is 67.7 Å². The van der Waals surface area contributed by atoms with E-state index < -0.39 is 22.0 Å². The maximum atomic E-state index is 13.1. The number of imidazole rings is 1. The van der Waals surface area contributed by atoms with Gasteiger partial charge in [-0.15, -0.1) is 11.3 Å². The Hall–Kier alpha value is -3.29.